The lowest BCUT2D eigenvalue weighted by Gasteiger charge is -2.09. The number of Topliss-reactive ketones (excluding diaryl/α,β-unsaturated/α-hetero) is 1. The fourth-order valence-electron chi connectivity index (χ4n) is 2.81. The van der Waals surface area contributed by atoms with E-state index in [1.807, 2.05) is 0 Å². The zero-order chi connectivity index (χ0) is 22.6. The molecule has 0 aliphatic carbocycles. The number of nitrogens with zero attached hydrogens (tertiary/aromatic N) is 1. The monoisotopic (exact) mass is 443 g/mol. The summed E-state index contributed by atoms with van der Waals surface area (Å²) in [7, 11) is -3.71. The van der Waals surface area contributed by atoms with E-state index in [4.69, 9.17) is 4.74 Å². The first-order valence-electron chi connectivity index (χ1n) is 9.51. The zero-order valence-electron chi connectivity index (χ0n) is 16.9. The second-order valence-electron chi connectivity index (χ2n) is 6.77. The molecule has 3 rings (SSSR count). The average molecular weight is 443 g/mol. The van der Waals surface area contributed by atoms with Crippen LogP contribution in [0.2, 0.25) is 0 Å². The van der Waals surface area contributed by atoms with Crippen LogP contribution in [0.5, 0.6) is 0 Å². The lowest BCUT2D eigenvalue weighted by atomic mass is 10.1. The number of amides is 1. The molecule has 0 saturated heterocycles. The minimum absolute atomic E-state index is 0.0519. The number of nitrogens with one attached hydrogen (secondary N) is 2. The fraction of sp³-hybridized carbons (Fsp3) is 0.238. The van der Waals surface area contributed by atoms with E-state index in [2.05, 4.69) is 15.0 Å². The number of aliphatic imine (C=N–C) groups is 1. The maximum Gasteiger partial charge on any atom is 0.331 e. The number of amidine groups is 1. The molecule has 2 aromatic rings. The van der Waals surface area contributed by atoms with Crippen molar-refractivity contribution in [3.8, 4) is 0 Å². The van der Waals surface area contributed by atoms with Crippen molar-refractivity contribution in [2.45, 2.75) is 31.2 Å². The molecule has 0 fully saturated rings. The van der Waals surface area contributed by atoms with Crippen molar-refractivity contribution in [1.29, 1.82) is 0 Å². The Morgan fingerprint density at radius 3 is 2.45 bits per heavy atom. The Labute approximate surface area is 179 Å². The number of rotatable bonds is 7. The molecule has 2 aromatic carbocycles. The number of carbonyl (C=O) groups excluding carboxylic acids is 3. The number of hydrogen-bond donors (Lipinski definition) is 2. The number of hydrogen-bond acceptors (Lipinski definition) is 7. The lowest BCUT2D eigenvalue weighted by molar-refractivity contribution is -0.143. The normalized spacial score (nSPS) is 16.1. The molecule has 0 radical (unpaired) electrons. The summed E-state index contributed by atoms with van der Waals surface area (Å²) in [5, 5.41) is 2.67. The number of esters is 1. The zero-order valence-corrected chi connectivity index (χ0v) is 17.7. The van der Waals surface area contributed by atoms with Crippen LogP contribution in [-0.2, 0) is 24.3 Å². The first-order valence-corrected chi connectivity index (χ1v) is 11.0. The van der Waals surface area contributed by atoms with Crippen LogP contribution in [0.15, 0.2) is 58.4 Å². The summed E-state index contributed by atoms with van der Waals surface area (Å²) in [5.74, 6) is -1.28. The van der Waals surface area contributed by atoms with Gasteiger partial charge in [-0.3, -0.25) is 19.3 Å². The molecule has 10 heteroatoms. The molecule has 1 amide bonds. The van der Waals surface area contributed by atoms with Crippen molar-refractivity contribution in [2.75, 3.05) is 11.9 Å². The molecule has 162 valence electrons. The fourth-order valence-corrected chi connectivity index (χ4v) is 4.04. The Bertz CT molecular complexity index is 1160. The van der Waals surface area contributed by atoms with Gasteiger partial charge in [-0.2, -0.15) is 0 Å². The third-order valence-electron chi connectivity index (χ3n) is 4.48. The molecule has 0 unspecified atom stereocenters. The van der Waals surface area contributed by atoms with Gasteiger partial charge in [0.15, 0.2) is 12.4 Å². The highest BCUT2D eigenvalue weighted by Crippen LogP contribution is 2.22. The summed E-state index contributed by atoms with van der Waals surface area (Å²) in [6, 6.07) is 11.5. The van der Waals surface area contributed by atoms with Gasteiger partial charge in [0.25, 0.3) is 10.0 Å². The van der Waals surface area contributed by atoms with Gasteiger partial charge in [0.1, 0.15) is 11.9 Å². The number of fused-ring (bicyclic) bond motifs is 1. The second kappa shape index (κ2) is 9.09. The molecule has 0 aromatic heterocycles. The molecule has 1 aliphatic heterocycles. The van der Waals surface area contributed by atoms with Gasteiger partial charge < -0.3 is 10.1 Å². The first kappa shape index (κ1) is 22.2. The molecular formula is C21H21N3O6S. The van der Waals surface area contributed by atoms with Gasteiger partial charge >= 0.3 is 5.97 Å². The minimum atomic E-state index is -3.71. The summed E-state index contributed by atoms with van der Waals surface area (Å²) in [4.78, 5) is 40.1. The second-order valence-corrected chi connectivity index (χ2v) is 8.42. The molecule has 0 bridgehead atoms. The third kappa shape index (κ3) is 5.15. The van der Waals surface area contributed by atoms with Gasteiger partial charge in [-0.1, -0.05) is 19.1 Å². The Hall–Kier alpha value is -3.53. The van der Waals surface area contributed by atoms with Crippen molar-refractivity contribution >= 4 is 39.2 Å². The van der Waals surface area contributed by atoms with E-state index < -0.39 is 34.4 Å². The molecule has 1 aliphatic rings. The van der Waals surface area contributed by atoms with Crippen LogP contribution in [-0.4, -0.2) is 44.6 Å². The molecule has 1 heterocycles. The highest BCUT2D eigenvalue weighted by Gasteiger charge is 2.31. The van der Waals surface area contributed by atoms with E-state index in [0.29, 0.717) is 23.2 Å². The van der Waals surface area contributed by atoms with Crippen LogP contribution in [0.25, 0.3) is 0 Å². The van der Waals surface area contributed by atoms with Crippen molar-refractivity contribution in [1.82, 2.24) is 4.72 Å². The minimum Gasteiger partial charge on any atom is -0.456 e. The van der Waals surface area contributed by atoms with Crippen LogP contribution in [0.4, 0.5) is 5.69 Å². The molecule has 0 spiro atoms. The van der Waals surface area contributed by atoms with Gasteiger partial charge in [-0.05, 0) is 43.3 Å². The molecule has 0 saturated carbocycles. The van der Waals surface area contributed by atoms with E-state index in [0.717, 1.165) is 0 Å². The summed E-state index contributed by atoms with van der Waals surface area (Å²) in [6.07, 6.45) is 0.339. The highest BCUT2D eigenvalue weighted by atomic mass is 32.2. The lowest BCUT2D eigenvalue weighted by Crippen LogP contribution is -2.27. The van der Waals surface area contributed by atoms with E-state index in [9.17, 15) is 22.8 Å². The highest BCUT2D eigenvalue weighted by molar-refractivity contribution is 7.90. The Kier molecular flexibility index (Phi) is 6.50. The molecule has 9 nitrogen and oxygen atoms in total. The summed E-state index contributed by atoms with van der Waals surface area (Å²) in [5.41, 5.74) is 1.25. The van der Waals surface area contributed by atoms with Gasteiger partial charge in [-0.15, -0.1) is 0 Å². The molecule has 31 heavy (non-hydrogen) atoms. The average Bonchev–Trinajstić information content (AvgIpc) is 3.02. The predicted octanol–water partition coefficient (Wildman–Crippen LogP) is 1.89. The van der Waals surface area contributed by atoms with Gasteiger partial charge in [0, 0.05) is 23.2 Å². The standard InChI is InChI=1S/C21H21N3O6S/c1-3-19(26)23-15-10-8-14(9-11-15)17(25)12-30-21(27)13(2)22-20-16-6-4-5-7-18(16)31(28,29)24-20/h4-11,13H,3,12H2,1-2H3,(H,22,24)(H,23,26)/t13-/m0/s1. The van der Waals surface area contributed by atoms with Crippen LogP contribution >= 0.6 is 0 Å². The smallest absolute Gasteiger partial charge is 0.331 e. The van der Waals surface area contributed by atoms with Crippen LogP contribution in [0, 0.1) is 0 Å². The van der Waals surface area contributed by atoms with Crippen LogP contribution < -0.4 is 10.0 Å². The van der Waals surface area contributed by atoms with E-state index in [1.54, 1.807) is 37.3 Å². The van der Waals surface area contributed by atoms with Crippen molar-refractivity contribution < 1.29 is 27.5 Å². The van der Waals surface area contributed by atoms with Crippen molar-refractivity contribution in [3.63, 3.8) is 0 Å². The molecule has 1 atom stereocenters. The Balaban J connectivity index is 1.60. The van der Waals surface area contributed by atoms with E-state index >= 15 is 0 Å². The maximum atomic E-state index is 12.3. The SMILES string of the molecule is CCC(=O)Nc1ccc(C(=O)COC(=O)[C@H](C)N=C2NS(=O)(=O)c3ccccc32)cc1. The molecular weight excluding hydrogens is 422 g/mol. The number of anilines is 1. The first-order chi connectivity index (χ1) is 14.7. The van der Waals surface area contributed by atoms with Crippen LogP contribution in [0.3, 0.4) is 0 Å². The number of ether oxygens (including phenoxy) is 1. The van der Waals surface area contributed by atoms with Gasteiger partial charge in [-0.25, -0.2) is 13.2 Å². The van der Waals surface area contributed by atoms with Crippen molar-refractivity contribution in [2.24, 2.45) is 4.99 Å². The largest absolute Gasteiger partial charge is 0.456 e. The summed E-state index contributed by atoms with van der Waals surface area (Å²) < 4.78 is 31.6. The number of carbonyl (C=O) groups is 3. The summed E-state index contributed by atoms with van der Waals surface area (Å²) in [6.45, 7) is 2.69. The van der Waals surface area contributed by atoms with Gasteiger partial charge in [0.2, 0.25) is 5.91 Å². The molecule has 2 N–H and O–H groups in total. The Morgan fingerprint density at radius 1 is 1.10 bits per heavy atom. The quantitative estimate of drug-likeness (QED) is 0.496. The van der Waals surface area contributed by atoms with Crippen molar-refractivity contribution in [3.05, 3.63) is 59.7 Å². The van der Waals surface area contributed by atoms with E-state index in [-0.39, 0.29) is 16.6 Å². The maximum absolute atomic E-state index is 12.3. The number of ketones is 1. The predicted molar refractivity (Wildman–Crippen MR) is 113 cm³/mol. The topological polar surface area (TPSA) is 131 Å². The van der Waals surface area contributed by atoms with Crippen LogP contribution in [0.1, 0.15) is 36.2 Å². The number of sulfonamides is 1. The Morgan fingerprint density at radius 2 is 1.77 bits per heavy atom. The third-order valence-corrected chi connectivity index (χ3v) is 5.88. The summed E-state index contributed by atoms with van der Waals surface area (Å²) >= 11 is 0. The van der Waals surface area contributed by atoms with E-state index in [1.165, 1.54) is 25.1 Å². The van der Waals surface area contributed by atoms with Gasteiger partial charge in [0.05, 0.1) is 4.90 Å². The number of benzene rings is 2.